The highest BCUT2D eigenvalue weighted by molar-refractivity contribution is 9.10. The molecule has 0 aliphatic carbocycles. The summed E-state index contributed by atoms with van der Waals surface area (Å²) in [6.07, 6.45) is 0.843. The first-order valence-corrected chi connectivity index (χ1v) is 7.63. The quantitative estimate of drug-likeness (QED) is 0.853. The van der Waals surface area contributed by atoms with Crippen LogP contribution in [0.5, 0.6) is 5.75 Å². The number of rotatable bonds is 5. The van der Waals surface area contributed by atoms with Crippen LogP contribution in [0.15, 0.2) is 46.9 Å². The van der Waals surface area contributed by atoms with E-state index in [1.807, 2.05) is 43.3 Å². The van der Waals surface area contributed by atoms with E-state index in [1.165, 1.54) is 5.56 Å². The molecule has 0 radical (unpaired) electrons. The molecule has 1 atom stereocenters. The average Bonchev–Trinajstić information content (AvgIpc) is 2.37. The summed E-state index contributed by atoms with van der Waals surface area (Å²) in [6, 6.07) is 13.9. The van der Waals surface area contributed by atoms with Crippen LogP contribution < -0.4 is 10.5 Å². The summed E-state index contributed by atoms with van der Waals surface area (Å²) in [5.41, 5.74) is 7.96. The van der Waals surface area contributed by atoms with Gasteiger partial charge in [0.2, 0.25) is 0 Å². The molecule has 0 aliphatic rings. The van der Waals surface area contributed by atoms with Crippen LogP contribution in [0.25, 0.3) is 0 Å². The van der Waals surface area contributed by atoms with E-state index in [2.05, 4.69) is 22.0 Å². The Morgan fingerprint density at radius 2 is 2.05 bits per heavy atom. The van der Waals surface area contributed by atoms with Crippen molar-refractivity contribution in [2.45, 2.75) is 26.0 Å². The van der Waals surface area contributed by atoms with E-state index in [1.54, 1.807) is 0 Å². The summed E-state index contributed by atoms with van der Waals surface area (Å²) in [4.78, 5) is 0. The van der Waals surface area contributed by atoms with E-state index < -0.39 is 0 Å². The van der Waals surface area contributed by atoms with Crippen LogP contribution in [-0.2, 0) is 13.0 Å². The molecule has 2 nitrogen and oxygen atoms in total. The second-order valence-corrected chi connectivity index (χ2v) is 6.18. The van der Waals surface area contributed by atoms with Gasteiger partial charge in [-0.05, 0) is 43.2 Å². The first-order valence-electron chi connectivity index (χ1n) is 6.46. The van der Waals surface area contributed by atoms with Crippen molar-refractivity contribution in [3.63, 3.8) is 0 Å². The van der Waals surface area contributed by atoms with Gasteiger partial charge in [0.15, 0.2) is 0 Å². The summed E-state index contributed by atoms with van der Waals surface area (Å²) in [5.74, 6) is 0.835. The normalized spacial score (nSPS) is 12.2. The van der Waals surface area contributed by atoms with Crippen LogP contribution in [0.3, 0.4) is 0 Å². The Morgan fingerprint density at radius 3 is 2.75 bits per heavy atom. The van der Waals surface area contributed by atoms with E-state index in [0.29, 0.717) is 11.6 Å². The number of hydrogen-bond donors (Lipinski definition) is 1. The van der Waals surface area contributed by atoms with E-state index in [4.69, 9.17) is 22.1 Å². The van der Waals surface area contributed by atoms with E-state index in [9.17, 15) is 0 Å². The third-order valence-electron chi connectivity index (χ3n) is 2.87. The van der Waals surface area contributed by atoms with Crippen molar-refractivity contribution in [3.05, 3.63) is 63.1 Å². The van der Waals surface area contributed by atoms with E-state index in [0.717, 1.165) is 22.2 Å². The molecule has 0 fully saturated rings. The standard InChI is InChI=1S/C16H17BrClNO/c1-11(19)7-12-3-2-4-15(8-12)20-10-13-5-6-14(17)9-16(13)18/h2-6,8-9,11H,7,10,19H2,1H3. The van der Waals surface area contributed by atoms with Gasteiger partial charge in [-0.2, -0.15) is 0 Å². The second-order valence-electron chi connectivity index (χ2n) is 4.85. The van der Waals surface area contributed by atoms with Gasteiger partial charge in [0.25, 0.3) is 0 Å². The maximum absolute atomic E-state index is 6.17. The van der Waals surface area contributed by atoms with E-state index in [-0.39, 0.29) is 6.04 Å². The average molecular weight is 355 g/mol. The number of benzene rings is 2. The summed E-state index contributed by atoms with van der Waals surface area (Å²) < 4.78 is 6.76. The lowest BCUT2D eigenvalue weighted by molar-refractivity contribution is 0.306. The highest BCUT2D eigenvalue weighted by Crippen LogP contribution is 2.23. The molecule has 20 heavy (non-hydrogen) atoms. The maximum Gasteiger partial charge on any atom is 0.120 e. The molecule has 0 saturated heterocycles. The highest BCUT2D eigenvalue weighted by Gasteiger charge is 2.04. The molecular formula is C16H17BrClNO. The molecule has 2 N–H and O–H groups in total. The predicted molar refractivity (Wildman–Crippen MR) is 87.3 cm³/mol. The Morgan fingerprint density at radius 1 is 1.25 bits per heavy atom. The fraction of sp³-hybridized carbons (Fsp3) is 0.250. The van der Waals surface area contributed by atoms with Gasteiger partial charge in [-0.25, -0.2) is 0 Å². The molecule has 4 heteroatoms. The second kappa shape index (κ2) is 7.11. The van der Waals surface area contributed by atoms with Gasteiger partial charge in [0.05, 0.1) is 0 Å². The van der Waals surface area contributed by atoms with Gasteiger partial charge in [0.1, 0.15) is 12.4 Å². The lowest BCUT2D eigenvalue weighted by atomic mass is 10.1. The number of ether oxygens (including phenoxy) is 1. The molecule has 0 amide bonds. The Kier molecular flexibility index (Phi) is 5.46. The Hall–Kier alpha value is -1.03. The molecule has 1 unspecified atom stereocenters. The zero-order valence-electron chi connectivity index (χ0n) is 11.3. The van der Waals surface area contributed by atoms with Crippen LogP contribution in [0.4, 0.5) is 0 Å². The molecule has 0 bridgehead atoms. The van der Waals surface area contributed by atoms with E-state index >= 15 is 0 Å². The van der Waals surface area contributed by atoms with Gasteiger partial charge in [-0.1, -0.05) is 45.7 Å². The SMILES string of the molecule is CC(N)Cc1cccc(OCc2ccc(Br)cc2Cl)c1. The van der Waals surface area contributed by atoms with Gasteiger partial charge in [-0.15, -0.1) is 0 Å². The molecule has 0 saturated carbocycles. The minimum Gasteiger partial charge on any atom is -0.489 e. The van der Waals surface area contributed by atoms with Gasteiger partial charge >= 0.3 is 0 Å². The fourth-order valence-electron chi connectivity index (χ4n) is 1.93. The Balaban J connectivity index is 2.03. The highest BCUT2D eigenvalue weighted by atomic mass is 79.9. The first-order chi connectivity index (χ1) is 9.54. The predicted octanol–water partition coefficient (Wildman–Crippen LogP) is 4.57. The molecular weight excluding hydrogens is 338 g/mol. The smallest absolute Gasteiger partial charge is 0.120 e. The third-order valence-corrected chi connectivity index (χ3v) is 3.71. The van der Waals surface area contributed by atoms with Crippen LogP contribution in [0.2, 0.25) is 5.02 Å². The molecule has 0 aliphatic heterocycles. The molecule has 106 valence electrons. The lowest BCUT2D eigenvalue weighted by Crippen LogP contribution is -2.17. The summed E-state index contributed by atoms with van der Waals surface area (Å²) in [6.45, 7) is 2.45. The minimum absolute atomic E-state index is 0.145. The van der Waals surface area contributed by atoms with Crippen LogP contribution in [-0.4, -0.2) is 6.04 Å². The summed E-state index contributed by atoms with van der Waals surface area (Å²) in [7, 11) is 0. The topological polar surface area (TPSA) is 35.2 Å². The first kappa shape index (κ1) is 15.4. The van der Waals surface area contributed by atoms with Crippen molar-refractivity contribution in [2.24, 2.45) is 5.73 Å². The van der Waals surface area contributed by atoms with Crippen molar-refractivity contribution in [1.82, 2.24) is 0 Å². The molecule has 0 heterocycles. The monoisotopic (exact) mass is 353 g/mol. The maximum atomic E-state index is 6.17. The molecule has 0 aromatic heterocycles. The lowest BCUT2D eigenvalue weighted by Gasteiger charge is -2.10. The summed E-state index contributed by atoms with van der Waals surface area (Å²) in [5, 5.41) is 0.700. The number of nitrogens with two attached hydrogens (primary N) is 1. The van der Waals surface area contributed by atoms with Gasteiger partial charge < -0.3 is 10.5 Å². The number of hydrogen-bond acceptors (Lipinski definition) is 2. The van der Waals surface area contributed by atoms with Gasteiger partial charge in [-0.3, -0.25) is 0 Å². The van der Waals surface area contributed by atoms with Crippen molar-refractivity contribution in [2.75, 3.05) is 0 Å². The zero-order valence-corrected chi connectivity index (χ0v) is 13.6. The fourth-order valence-corrected chi connectivity index (χ4v) is 2.66. The van der Waals surface area contributed by atoms with Crippen LogP contribution >= 0.6 is 27.5 Å². The minimum atomic E-state index is 0.145. The van der Waals surface area contributed by atoms with Crippen molar-refractivity contribution < 1.29 is 4.74 Å². The Bertz CT molecular complexity index is 586. The zero-order chi connectivity index (χ0) is 14.5. The number of halogens is 2. The van der Waals surface area contributed by atoms with Crippen molar-refractivity contribution in [1.29, 1.82) is 0 Å². The van der Waals surface area contributed by atoms with Gasteiger partial charge in [0, 0.05) is 21.1 Å². The molecule has 2 rings (SSSR count). The third kappa shape index (κ3) is 4.51. The summed E-state index contributed by atoms with van der Waals surface area (Å²) >= 11 is 9.56. The molecule has 0 spiro atoms. The largest absolute Gasteiger partial charge is 0.489 e. The molecule has 2 aromatic rings. The van der Waals surface area contributed by atoms with Crippen LogP contribution in [0, 0.1) is 0 Å². The van der Waals surface area contributed by atoms with Crippen LogP contribution in [0.1, 0.15) is 18.1 Å². The van der Waals surface area contributed by atoms with Crippen molar-refractivity contribution >= 4 is 27.5 Å². The van der Waals surface area contributed by atoms with Crippen molar-refractivity contribution in [3.8, 4) is 5.75 Å². The Labute approximate surface area is 133 Å². The molecule has 2 aromatic carbocycles.